The summed E-state index contributed by atoms with van der Waals surface area (Å²) in [5.41, 5.74) is 3.86. The molecule has 0 aliphatic heterocycles. The zero-order valence-electron chi connectivity index (χ0n) is 35.5. The minimum atomic E-state index is 0.623. The summed E-state index contributed by atoms with van der Waals surface area (Å²) in [7, 11) is 1.88. The predicted octanol–water partition coefficient (Wildman–Crippen LogP) is 6.64. The van der Waals surface area contributed by atoms with Gasteiger partial charge in [-0.3, -0.25) is 4.68 Å². The van der Waals surface area contributed by atoms with E-state index in [1.165, 1.54) is 23.1 Å². The Morgan fingerprint density at radius 2 is 0.842 bits per heavy atom. The van der Waals surface area contributed by atoms with Gasteiger partial charge in [0.15, 0.2) is 11.6 Å². The zero-order valence-corrected chi connectivity index (χ0v) is 37.9. The monoisotopic (exact) mass is 845 g/mol. The van der Waals surface area contributed by atoms with Crippen molar-refractivity contribution in [1.29, 1.82) is 0 Å². The first kappa shape index (κ1) is 49.4. The first-order valence-electron chi connectivity index (χ1n) is 16.9. The summed E-state index contributed by atoms with van der Waals surface area (Å²) in [4.78, 5) is 15.7. The number of hydrogen-bond donors (Lipinski definition) is 0. The van der Waals surface area contributed by atoms with Gasteiger partial charge < -0.3 is 13.5 Å². The van der Waals surface area contributed by atoms with Gasteiger partial charge in [0.2, 0.25) is 23.6 Å². The average Bonchev–Trinajstić information content (AvgIpc) is 4.05. The van der Waals surface area contributed by atoms with Crippen LogP contribution in [0.3, 0.4) is 0 Å². The lowest BCUT2D eigenvalue weighted by Crippen LogP contribution is -1.92. The van der Waals surface area contributed by atoms with Gasteiger partial charge in [-0.05, 0) is 106 Å². The van der Waals surface area contributed by atoms with Crippen molar-refractivity contribution in [2.75, 3.05) is 0 Å². The van der Waals surface area contributed by atoms with Crippen LogP contribution < -0.4 is 0 Å². The highest BCUT2D eigenvalue weighted by atomic mass is 32.1. The summed E-state index contributed by atoms with van der Waals surface area (Å²) in [5, 5.41) is 40.7. The molecule has 24 heteroatoms. The highest BCUT2D eigenvalue weighted by Crippen LogP contribution is 2.04. The van der Waals surface area contributed by atoms with Gasteiger partial charge in [-0.1, -0.05) is 25.8 Å². The van der Waals surface area contributed by atoms with Crippen LogP contribution in [-0.2, 0) is 7.05 Å². The molecule has 0 aromatic carbocycles. The molecule has 8 aromatic heterocycles. The minimum absolute atomic E-state index is 0.623. The minimum Gasteiger partial charge on any atom is -0.426 e. The van der Waals surface area contributed by atoms with Gasteiger partial charge in [0.1, 0.15) is 43.1 Å². The van der Waals surface area contributed by atoms with E-state index >= 15 is 0 Å². The summed E-state index contributed by atoms with van der Waals surface area (Å²) in [5.74, 6) is 5.63. The molecule has 0 radical (unpaired) electrons. The number of hydrogen-bond acceptors (Lipinski definition) is 23. The molecular formula is C33H51N17O4S3. The predicted molar refractivity (Wildman–Crippen MR) is 214 cm³/mol. The molecule has 8 aromatic rings. The fourth-order valence-corrected chi connectivity index (χ4v) is 4.72. The van der Waals surface area contributed by atoms with Gasteiger partial charge in [0, 0.05) is 34.7 Å². The van der Waals surface area contributed by atoms with Gasteiger partial charge in [0.25, 0.3) is 0 Å². The number of nitrogens with zero attached hydrogens (tertiary/aromatic N) is 17. The highest BCUT2D eigenvalue weighted by molar-refractivity contribution is 7.11. The van der Waals surface area contributed by atoms with Gasteiger partial charge in [-0.15, -0.1) is 36.8 Å². The standard InChI is InChI=1S/C5H9N3.4C4H6N2O.3C4H6N2S/c1-4-5(2)8(3)7-6-4;1-3-5-6-4(2)7-3;2*1-3-5-4(2)7-6-3;1-3-4(2)6-7-5-3;1-3-5-6-4(2)7-3;2*1-3-5-4(2)7-6-3/h1-3H3;7*1-2H3. The van der Waals surface area contributed by atoms with Crippen molar-refractivity contribution >= 4 is 34.4 Å². The first-order chi connectivity index (χ1) is 26.7. The maximum Gasteiger partial charge on any atom is 0.223 e. The molecule has 0 bridgehead atoms. The number of aromatic nitrogens is 17. The third kappa shape index (κ3) is 23.1. The molecule has 0 spiro atoms. The molecule has 0 fully saturated rings. The Hall–Kier alpha value is -5.62. The van der Waals surface area contributed by atoms with E-state index in [1.54, 1.807) is 57.6 Å². The van der Waals surface area contributed by atoms with Crippen LogP contribution in [0.1, 0.15) is 89.7 Å². The Balaban J connectivity index is 0.000000326. The van der Waals surface area contributed by atoms with Crippen LogP contribution >= 0.6 is 34.4 Å². The van der Waals surface area contributed by atoms with Crippen LogP contribution in [0.5, 0.6) is 0 Å². The van der Waals surface area contributed by atoms with Crippen LogP contribution in [0.25, 0.3) is 0 Å². The summed E-state index contributed by atoms with van der Waals surface area (Å²) < 4.78 is 28.1. The second kappa shape index (κ2) is 26.3. The molecule has 8 heterocycles. The van der Waals surface area contributed by atoms with Gasteiger partial charge >= 0.3 is 0 Å². The van der Waals surface area contributed by atoms with E-state index in [0.29, 0.717) is 35.2 Å². The Labute approximate surface area is 343 Å². The summed E-state index contributed by atoms with van der Waals surface area (Å²) in [6.07, 6.45) is 0. The van der Waals surface area contributed by atoms with Gasteiger partial charge in [0.05, 0.1) is 11.4 Å². The van der Waals surface area contributed by atoms with Crippen molar-refractivity contribution in [2.24, 2.45) is 7.05 Å². The second-order valence-corrected chi connectivity index (χ2v) is 14.7. The van der Waals surface area contributed by atoms with Crippen molar-refractivity contribution in [1.82, 2.24) is 84.7 Å². The van der Waals surface area contributed by atoms with E-state index < -0.39 is 0 Å². The van der Waals surface area contributed by atoms with E-state index in [-0.39, 0.29) is 0 Å². The van der Waals surface area contributed by atoms with Crippen LogP contribution in [0.15, 0.2) is 18.1 Å². The second-order valence-electron chi connectivity index (χ2n) is 11.4. The molecule has 0 saturated carbocycles. The van der Waals surface area contributed by atoms with Crippen LogP contribution in [0, 0.1) is 111 Å². The molecule has 0 N–H and O–H groups in total. The lowest BCUT2D eigenvalue weighted by molar-refractivity contribution is 0.302. The van der Waals surface area contributed by atoms with Crippen molar-refractivity contribution < 1.29 is 18.1 Å². The average molecular weight is 846 g/mol. The van der Waals surface area contributed by atoms with Crippen molar-refractivity contribution in [3.05, 3.63) is 89.7 Å². The normalized spacial score (nSPS) is 9.49. The first-order valence-corrected chi connectivity index (χ1v) is 19.3. The van der Waals surface area contributed by atoms with E-state index in [9.17, 15) is 0 Å². The summed E-state index contributed by atoms with van der Waals surface area (Å²) >= 11 is 4.51. The van der Waals surface area contributed by atoms with E-state index in [0.717, 1.165) is 54.5 Å². The van der Waals surface area contributed by atoms with Crippen molar-refractivity contribution in [3.63, 3.8) is 0 Å². The molecule has 310 valence electrons. The molecule has 21 nitrogen and oxygen atoms in total. The van der Waals surface area contributed by atoms with Crippen LogP contribution in [0.4, 0.5) is 0 Å². The van der Waals surface area contributed by atoms with Gasteiger partial charge in [-0.2, -0.15) is 18.7 Å². The lowest BCUT2D eigenvalue weighted by atomic mass is 10.4. The molecule has 57 heavy (non-hydrogen) atoms. The van der Waals surface area contributed by atoms with Crippen LogP contribution in [-0.4, -0.2) is 84.7 Å². The fraction of sp³-hybridized carbons (Fsp3) is 0.515. The van der Waals surface area contributed by atoms with Crippen molar-refractivity contribution in [2.45, 2.75) is 111 Å². The molecule has 0 unspecified atom stereocenters. The van der Waals surface area contributed by atoms with E-state index in [2.05, 4.69) is 93.7 Å². The number of rotatable bonds is 0. The Morgan fingerprint density at radius 1 is 0.421 bits per heavy atom. The van der Waals surface area contributed by atoms with Gasteiger partial charge in [-0.25, -0.2) is 14.6 Å². The zero-order chi connectivity index (χ0) is 43.1. The molecule has 0 aliphatic carbocycles. The fourth-order valence-electron chi connectivity index (χ4n) is 3.18. The Morgan fingerprint density at radius 3 is 0.947 bits per heavy atom. The third-order valence-corrected chi connectivity index (χ3v) is 8.16. The molecule has 8 rings (SSSR count). The number of aryl methyl sites for hydroxylation is 16. The molecule has 0 aliphatic rings. The SMILES string of the molecule is Cc1nnc(C)o1.Cc1nnc(C)s1.Cc1nnn(C)c1C.Cc1noc(C)n1.Cc1noc(C)n1.Cc1nonc1C.Cc1nsc(C)n1.Cc1nsc(C)n1. The highest BCUT2D eigenvalue weighted by Gasteiger charge is 1.97. The maximum absolute atomic E-state index is 4.86. The Kier molecular flexibility index (Phi) is 22.8. The third-order valence-electron chi connectivity index (χ3n) is 5.99. The smallest absolute Gasteiger partial charge is 0.223 e. The maximum atomic E-state index is 4.86. The quantitative estimate of drug-likeness (QED) is 0.155. The molecule has 0 saturated heterocycles. The Bertz CT molecular complexity index is 1810. The van der Waals surface area contributed by atoms with Crippen LogP contribution in [0.2, 0.25) is 0 Å². The van der Waals surface area contributed by atoms with Crippen molar-refractivity contribution in [3.8, 4) is 0 Å². The molecule has 0 atom stereocenters. The lowest BCUT2D eigenvalue weighted by Gasteiger charge is -1.87. The van der Waals surface area contributed by atoms with E-state index in [1.807, 2.05) is 76.3 Å². The summed E-state index contributed by atoms with van der Waals surface area (Å²) in [6, 6.07) is 0. The largest absolute Gasteiger partial charge is 0.426 e. The van der Waals surface area contributed by atoms with E-state index in [4.69, 9.17) is 4.42 Å². The topological polar surface area (TPSA) is 264 Å². The molecular weight excluding hydrogens is 795 g/mol. The molecule has 0 amide bonds. The summed E-state index contributed by atoms with van der Waals surface area (Å²) in [6.45, 7) is 29.9.